The molecule has 5 aromatic rings. The zero-order valence-electron chi connectivity index (χ0n) is 21.4. The molecule has 8 rings (SSSR count). The van der Waals surface area contributed by atoms with Gasteiger partial charge in [0.1, 0.15) is 24.4 Å². The summed E-state index contributed by atoms with van der Waals surface area (Å²) in [4.78, 5) is 49.2. The maximum absolute atomic E-state index is 13.4. The summed E-state index contributed by atoms with van der Waals surface area (Å²) in [6.07, 6.45) is -3.74. The van der Waals surface area contributed by atoms with Gasteiger partial charge in [0.25, 0.3) is 23.2 Å². The van der Waals surface area contributed by atoms with Gasteiger partial charge in [0.2, 0.25) is 0 Å². The molecular weight excluding hydrogens is 574 g/mol. The Morgan fingerprint density at radius 1 is 0.952 bits per heavy atom. The molecule has 3 aliphatic rings. The summed E-state index contributed by atoms with van der Waals surface area (Å²) in [5.74, 6) is -1.42. The van der Waals surface area contributed by atoms with Crippen molar-refractivity contribution in [1.82, 2.24) is 14.5 Å². The molecule has 42 heavy (non-hydrogen) atoms. The molecule has 0 spiro atoms. The van der Waals surface area contributed by atoms with Gasteiger partial charge >= 0.3 is 0 Å². The number of fused-ring (bicyclic) bond motifs is 12. The van der Waals surface area contributed by atoms with Gasteiger partial charge in [-0.15, -0.1) is 11.6 Å². The Balaban J connectivity index is 1.66. The van der Waals surface area contributed by atoms with E-state index in [1.807, 2.05) is 0 Å². The topological polar surface area (TPSA) is 181 Å². The van der Waals surface area contributed by atoms with Crippen molar-refractivity contribution in [3.05, 3.63) is 67.8 Å². The standard InChI is InChI=1S/C27H18ClN5O9/c1-41-24-15(8-28)42-27-22(23(24)34)30-13-4-2-9(32(37)38)6-11(13)16-18-19(26(36)29-25(18)35)17-12-7-10(33(39)40)3-5-14(12)31(27)21(17)20(16)30/h2-7,15,22-24,27,34H,8H2,1H3,(H,29,35,36)/t15-,22+,23-,24-,27-/m1/s1. The number of nitrogens with zero attached hydrogens (tertiary/aromatic N) is 4. The summed E-state index contributed by atoms with van der Waals surface area (Å²) < 4.78 is 15.6. The SMILES string of the molecule is CO[C@H]1[C@H](O)[C@H]2[C@@H](O[C@@H]1CCl)n1c3ccc([N+](=O)[O-])cc3c3c4c(c5c6cc([N+](=O)[O-])ccc6n2c5c31)C(=O)NC4=O. The lowest BCUT2D eigenvalue weighted by Gasteiger charge is -2.47. The van der Waals surface area contributed by atoms with Crippen LogP contribution in [0.5, 0.6) is 0 Å². The Kier molecular flexibility index (Phi) is 4.92. The number of nitro groups is 2. The van der Waals surface area contributed by atoms with Gasteiger partial charge in [0.15, 0.2) is 6.23 Å². The van der Waals surface area contributed by atoms with Crippen molar-refractivity contribution >= 4 is 78.4 Å². The molecule has 5 heterocycles. The number of ether oxygens (including phenoxy) is 2. The van der Waals surface area contributed by atoms with Crippen molar-refractivity contribution in [3.63, 3.8) is 0 Å². The molecule has 212 valence electrons. The number of rotatable bonds is 4. The molecule has 0 unspecified atom stereocenters. The summed E-state index contributed by atoms with van der Waals surface area (Å²) >= 11 is 6.25. The number of carbonyl (C=O) groups is 2. The Hall–Kier alpha value is -4.63. The average Bonchev–Trinajstić information content (AvgIpc) is 3.58. The highest BCUT2D eigenvalue weighted by molar-refractivity contribution is 6.39. The van der Waals surface area contributed by atoms with Gasteiger partial charge in [-0.1, -0.05) is 0 Å². The number of nitrogens with one attached hydrogen (secondary N) is 1. The number of hydrogen-bond acceptors (Lipinski definition) is 9. The minimum atomic E-state index is -1.20. The summed E-state index contributed by atoms with van der Waals surface area (Å²) in [5, 5.41) is 38.9. The maximum Gasteiger partial charge on any atom is 0.270 e. The zero-order chi connectivity index (χ0) is 29.4. The van der Waals surface area contributed by atoms with Crippen LogP contribution in [0, 0.1) is 20.2 Å². The molecule has 0 radical (unpaired) electrons. The normalized spacial score (nSPS) is 24.6. The van der Waals surface area contributed by atoms with Gasteiger partial charge in [-0.3, -0.25) is 35.1 Å². The van der Waals surface area contributed by atoms with Crippen LogP contribution < -0.4 is 5.32 Å². The molecule has 14 nitrogen and oxygen atoms in total. The number of carbonyl (C=O) groups excluding carboxylic acids is 2. The first-order chi connectivity index (χ1) is 20.2. The summed E-state index contributed by atoms with van der Waals surface area (Å²) in [6, 6.07) is 7.51. The highest BCUT2D eigenvalue weighted by Gasteiger charge is 2.52. The second-order valence-corrected chi connectivity index (χ2v) is 10.8. The first-order valence-corrected chi connectivity index (χ1v) is 13.4. The van der Waals surface area contributed by atoms with Crippen LogP contribution in [-0.2, 0) is 9.47 Å². The van der Waals surface area contributed by atoms with Crippen LogP contribution in [0.2, 0.25) is 0 Å². The van der Waals surface area contributed by atoms with E-state index < -0.39 is 52.2 Å². The smallest absolute Gasteiger partial charge is 0.270 e. The Morgan fingerprint density at radius 3 is 1.98 bits per heavy atom. The van der Waals surface area contributed by atoms with Crippen LogP contribution in [-0.4, -0.2) is 67.2 Å². The van der Waals surface area contributed by atoms with E-state index in [4.69, 9.17) is 21.1 Å². The lowest BCUT2D eigenvalue weighted by molar-refractivity contribution is -0.384. The number of imide groups is 1. The van der Waals surface area contributed by atoms with Crippen LogP contribution in [0.3, 0.4) is 0 Å². The highest BCUT2D eigenvalue weighted by atomic mass is 35.5. The molecular formula is C27H18ClN5O9. The fraction of sp³-hybridized carbons (Fsp3) is 0.259. The van der Waals surface area contributed by atoms with E-state index in [1.54, 1.807) is 9.13 Å². The molecule has 0 aliphatic carbocycles. The second-order valence-electron chi connectivity index (χ2n) is 10.5. The molecule has 2 aromatic heterocycles. The third-order valence-corrected chi connectivity index (χ3v) is 8.99. The van der Waals surface area contributed by atoms with Gasteiger partial charge in [0.05, 0.1) is 48.9 Å². The van der Waals surface area contributed by atoms with Crippen molar-refractivity contribution in [2.45, 2.75) is 30.6 Å². The molecule has 3 aromatic carbocycles. The van der Waals surface area contributed by atoms with E-state index in [9.17, 15) is 34.9 Å². The van der Waals surface area contributed by atoms with Gasteiger partial charge in [-0.2, -0.15) is 0 Å². The first kappa shape index (κ1) is 25.1. The third-order valence-electron chi connectivity index (χ3n) is 8.69. The van der Waals surface area contributed by atoms with E-state index >= 15 is 0 Å². The lowest BCUT2D eigenvalue weighted by atomic mass is 9.93. The number of aliphatic hydroxyl groups is 1. The van der Waals surface area contributed by atoms with E-state index in [2.05, 4.69) is 5.32 Å². The predicted molar refractivity (Wildman–Crippen MR) is 148 cm³/mol. The second kappa shape index (κ2) is 8.23. The Morgan fingerprint density at radius 2 is 1.48 bits per heavy atom. The van der Waals surface area contributed by atoms with Crippen molar-refractivity contribution in [3.8, 4) is 0 Å². The van der Waals surface area contributed by atoms with Gasteiger partial charge in [-0.25, -0.2) is 0 Å². The molecule has 0 saturated carbocycles. The van der Waals surface area contributed by atoms with Crippen molar-refractivity contribution < 1.29 is 34.0 Å². The number of aliphatic hydroxyl groups excluding tert-OH is 1. The minimum absolute atomic E-state index is 0.00361. The van der Waals surface area contributed by atoms with E-state index in [0.29, 0.717) is 38.2 Å². The molecule has 2 N–H and O–H groups in total. The molecule has 1 fully saturated rings. The molecule has 1 saturated heterocycles. The number of amides is 2. The average molecular weight is 592 g/mol. The first-order valence-electron chi connectivity index (χ1n) is 12.9. The molecule has 3 aliphatic heterocycles. The van der Waals surface area contributed by atoms with Crippen LogP contribution in [0.25, 0.3) is 43.6 Å². The molecule has 5 atom stereocenters. The predicted octanol–water partition coefficient (Wildman–Crippen LogP) is 3.67. The highest BCUT2D eigenvalue weighted by Crippen LogP contribution is 2.54. The van der Waals surface area contributed by atoms with E-state index in [-0.39, 0.29) is 33.8 Å². The summed E-state index contributed by atoms with van der Waals surface area (Å²) in [6.45, 7) is 0. The molecule has 2 amide bonds. The monoisotopic (exact) mass is 591 g/mol. The van der Waals surface area contributed by atoms with Crippen molar-refractivity contribution in [2.75, 3.05) is 13.0 Å². The van der Waals surface area contributed by atoms with Crippen molar-refractivity contribution in [2.24, 2.45) is 0 Å². The number of non-ortho nitro benzene ring substituents is 2. The number of aromatic nitrogens is 2. The number of nitro benzene ring substituents is 2. The van der Waals surface area contributed by atoms with Gasteiger partial charge < -0.3 is 23.7 Å². The van der Waals surface area contributed by atoms with Crippen LogP contribution in [0.15, 0.2) is 36.4 Å². The lowest BCUT2D eigenvalue weighted by Crippen LogP contribution is -2.55. The Labute approximate surface area is 238 Å². The van der Waals surface area contributed by atoms with E-state index in [1.165, 1.54) is 43.5 Å². The number of benzene rings is 3. The maximum atomic E-state index is 13.4. The molecule has 15 heteroatoms. The zero-order valence-corrected chi connectivity index (χ0v) is 22.2. The van der Waals surface area contributed by atoms with Crippen LogP contribution >= 0.6 is 11.6 Å². The van der Waals surface area contributed by atoms with E-state index in [0.717, 1.165) is 0 Å². The third kappa shape index (κ3) is 2.84. The number of alkyl halides is 1. The van der Waals surface area contributed by atoms with Crippen LogP contribution in [0.1, 0.15) is 33.0 Å². The fourth-order valence-corrected chi connectivity index (χ4v) is 7.39. The van der Waals surface area contributed by atoms with Crippen molar-refractivity contribution in [1.29, 1.82) is 0 Å². The van der Waals surface area contributed by atoms with Crippen LogP contribution in [0.4, 0.5) is 11.4 Å². The van der Waals surface area contributed by atoms with Gasteiger partial charge in [0, 0.05) is 52.9 Å². The number of methoxy groups -OCH3 is 1. The Bertz CT molecular complexity index is 2140. The molecule has 0 bridgehead atoms. The number of hydrogen-bond donors (Lipinski definition) is 2. The quantitative estimate of drug-likeness (QED) is 0.136. The number of halogens is 1. The fourth-order valence-electron chi connectivity index (χ4n) is 7.14. The summed E-state index contributed by atoms with van der Waals surface area (Å²) in [5.41, 5.74) is 1.33. The summed E-state index contributed by atoms with van der Waals surface area (Å²) in [7, 11) is 1.42. The van der Waals surface area contributed by atoms with Gasteiger partial charge in [-0.05, 0) is 12.1 Å². The largest absolute Gasteiger partial charge is 0.388 e. The minimum Gasteiger partial charge on any atom is -0.388 e.